The SMILES string of the molecule is NCCNC(=O)OCc1cccc(Cl)c1. The highest BCUT2D eigenvalue weighted by molar-refractivity contribution is 6.30. The minimum atomic E-state index is -0.472. The van der Waals surface area contributed by atoms with E-state index in [0.717, 1.165) is 5.56 Å². The van der Waals surface area contributed by atoms with E-state index >= 15 is 0 Å². The van der Waals surface area contributed by atoms with Gasteiger partial charge in [-0.2, -0.15) is 0 Å². The molecule has 1 rings (SSSR count). The van der Waals surface area contributed by atoms with E-state index in [1.54, 1.807) is 18.2 Å². The second kappa shape index (κ2) is 6.27. The Morgan fingerprint density at radius 1 is 1.53 bits per heavy atom. The van der Waals surface area contributed by atoms with Gasteiger partial charge in [0, 0.05) is 18.1 Å². The number of hydrogen-bond acceptors (Lipinski definition) is 3. The Morgan fingerprint density at radius 3 is 3.00 bits per heavy atom. The van der Waals surface area contributed by atoms with Gasteiger partial charge in [-0.25, -0.2) is 4.79 Å². The lowest BCUT2D eigenvalue weighted by Crippen LogP contribution is -2.29. The molecular weight excluding hydrogens is 216 g/mol. The Hall–Kier alpha value is -1.26. The number of nitrogens with one attached hydrogen (secondary N) is 1. The van der Waals surface area contributed by atoms with E-state index < -0.39 is 6.09 Å². The summed E-state index contributed by atoms with van der Waals surface area (Å²) < 4.78 is 4.92. The quantitative estimate of drug-likeness (QED) is 0.822. The lowest BCUT2D eigenvalue weighted by molar-refractivity contribution is 0.140. The van der Waals surface area contributed by atoms with Crippen molar-refractivity contribution in [3.63, 3.8) is 0 Å². The molecule has 0 fully saturated rings. The Bertz CT molecular complexity index is 331. The molecule has 1 aromatic carbocycles. The number of carbonyl (C=O) groups is 1. The van der Waals surface area contributed by atoms with Gasteiger partial charge in [-0.3, -0.25) is 0 Å². The average molecular weight is 229 g/mol. The molecule has 0 aromatic heterocycles. The second-order valence-corrected chi connectivity index (χ2v) is 3.36. The number of nitrogens with two attached hydrogens (primary N) is 1. The summed E-state index contributed by atoms with van der Waals surface area (Å²) in [7, 11) is 0. The Labute approximate surface area is 93.4 Å². The number of alkyl carbamates (subject to hydrolysis) is 1. The minimum absolute atomic E-state index is 0.205. The molecule has 1 amide bonds. The lowest BCUT2D eigenvalue weighted by atomic mass is 10.2. The first-order valence-electron chi connectivity index (χ1n) is 4.57. The van der Waals surface area contributed by atoms with E-state index in [-0.39, 0.29) is 6.61 Å². The molecule has 0 saturated carbocycles. The summed E-state index contributed by atoms with van der Waals surface area (Å²) in [6, 6.07) is 7.15. The maximum Gasteiger partial charge on any atom is 0.407 e. The van der Waals surface area contributed by atoms with E-state index in [9.17, 15) is 4.79 Å². The zero-order chi connectivity index (χ0) is 11.1. The molecule has 4 nitrogen and oxygen atoms in total. The van der Waals surface area contributed by atoms with Gasteiger partial charge in [0.25, 0.3) is 0 Å². The van der Waals surface area contributed by atoms with Crippen molar-refractivity contribution in [1.82, 2.24) is 5.32 Å². The third-order valence-electron chi connectivity index (χ3n) is 1.67. The summed E-state index contributed by atoms with van der Waals surface area (Å²) in [6.45, 7) is 1.01. The molecule has 5 heteroatoms. The van der Waals surface area contributed by atoms with Crippen LogP contribution in [0.1, 0.15) is 5.56 Å². The van der Waals surface area contributed by atoms with Crippen molar-refractivity contribution in [3.05, 3.63) is 34.9 Å². The Balaban J connectivity index is 2.33. The summed E-state index contributed by atoms with van der Waals surface area (Å²) in [6.07, 6.45) is -0.472. The number of carbonyl (C=O) groups excluding carboxylic acids is 1. The fourth-order valence-electron chi connectivity index (χ4n) is 1.00. The van der Waals surface area contributed by atoms with Gasteiger partial charge in [0.05, 0.1) is 0 Å². The Morgan fingerprint density at radius 2 is 2.33 bits per heavy atom. The second-order valence-electron chi connectivity index (χ2n) is 2.92. The van der Waals surface area contributed by atoms with E-state index in [2.05, 4.69) is 5.32 Å². The molecule has 0 saturated heterocycles. The fraction of sp³-hybridized carbons (Fsp3) is 0.300. The zero-order valence-corrected chi connectivity index (χ0v) is 8.96. The van der Waals surface area contributed by atoms with Crippen LogP contribution in [0.2, 0.25) is 5.02 Å². The van der Waals surface area contributed by atoms with Crippen molar-refractivity contribution in [2.75, 3.05) is 13.1 Å². The van der Waals surface area contributed by atoms with Crippen molar-refractivity contribution in [2.45, 2.75) is 6.61 Å². The molecule has 0 aliphatic heterocycles. The number of halogens is 1. The summed E-state index contributed by atoms with van der Waals surface area (Å²) in [5.41, 5.74) is 6.07. The van der Waals surface area contributed by atoms with Gasteiger partial charge in [-0.1, -0.05) is 23.7 Å². The summed E-state index contributed by atoms with van der Waals surface area (Å²) in [5.74, 6) is 0. The molecule has 0 unspecified atom stereocenters. The molecule has 0 aliphatic rings. The molecule has 0 aliphatic carbocycles. The van der Waals surface area contributed by atoms with Crippen molar-refractivity contribution in [3.8, 4) is 0 Å². The van der Waals surface area contributed by atoms with Crippen LogP contribution in [0.4, 0.5) is 4.79 Å². The topological polar surface area (TPSA) is 64.3 Å². The first-order chi connectivity index (χ1) is 7.22. The van der Waals surface area contributed by atoms with Crippen LogP contribution in [0.25, 0.3) is 0 Å². The highest BCUT2D eigenvalue weighted by atomic mass is 35.5. The molecule has 0 bridgehead atoms. The standard InChI is InChI=1S/C10H13ClN2O2/c11-9-3-1-2-8(6-9)7-15-10(14)13-5-4-12/h1-3,6H,4-5,7,12H2,(H,13,14). The van der Waals surface area contributed by atoms with Crippen LogP contribution in [0, 0.1) is 0 Å². The average Bonchev–Trinajstić information content (AvgIpc) is 2.23. The zero-order valence-electron chi connectivity index (χ0n) is 8.20. The van der Waals surface area contributed by atoms with Gasteiger partial charge in [0.2, 0.25) is 0 Å². The molecule has 0 atom stereocenters. The molecular formula is C10H13ClN2O2. The minimum Gasteiger partial charge on any atom is -0.445 e. The molecule has 82 valence electrons. The van der Waals surface area contributed by atoms with Gasteiger partial charge < -0.3 is 15.8 Å². The highest BCUT2D eigenvalue weighted by Crippen LogP contribution is 2.11. The molecule has 0 heterocycles. The summed E-state index contributed by atoms with van der Waals surface area (Å²) >= 11 is 5.77. The number of rotatable bonds is 4. The van der Waals surface area contributed by atoms with E-state index in [4.69, 9.17) is 22.1 Å². The lowest BCUT2D eigenvalue weighted by Gasteiger charge is -2.05. The largest absolute Gasteiger partial charge is 0.445 e. The molecule has 3 N–H and O–H groups in total. The highest BCUT2D eigenvalue weighted by Gasteiger charge is 2.01. The molecule has 0 radical (unpaired) electrons. The summed E-state index contributed by atoms with van der Waals surface area (Å²) in [4.78, 5) is 11.0. The van der Waals surface area contributed by atoms with Gasteiger partial charge in [-0.15, -0.1) is 0 Å². The van der Waals surface area contributed by atoms with Crippen molar-refractivity contribution >= 4 is 17.7 Å². The number of hydrogen-bond donors (Lipinski definition) is 2. The molecule has 15 heavy (non-hydrogen) atoms. The fourth-order valence-corrected chi connectivity index (χ4v) is 1.21. The van der Waals surface area contributed by atoms with Gasteiger partial charge >= 0.3 is 6.09 Å². The van der Waals surface area contributed by atoms with Crippen molar-refractivity contribution < 1.29 is 9.53 Å². The molecule has 0 spiro atoms. The van der Waals surface area contributed by atoms with Crippen LogP contribution in [0.3, 0.4) is 0 Å². The van der Waals surface area contributed by atoms with E-state index in [0.29, 0.717) is 18.1 Å². The smallest absolute Gasteiger partial charge is 0.407 e. The first-order valence-corrected chi connectivity index (χ1v) is 4.95. The van der Waals surface area contributed by atoms with Crippen molar-refractivity contribution in [2.24, 2.45) is 5.73 Å². The van der Waals surface area contributed by atoms with Crippen LogP contribution < -0.4 is 11.1 Å². The number of amides is 1. The predicted octanol–water partition coefficient (Wildman–Crippen LogP) is 1.52. The van der Waals surface area contributed by atoms with Crippen LogP contribution >= 0.6 is 11.6 Å². The van der Waals surface area contributed by atoms with Crippen LogP contribution in [0.15, 0.2) is 24.3 Å². The normalized spacial score (nSPS) is 9.73. The monoisotopic (exact) mass is 228 g/mol. The van der Waals surface area contributed by atoms with Crippen LogP contribution in [0.5, 0.6) is 0 Å². The van der Waals surface area contributed by atoms with Crippen LogP contribution in [-0.4, -0.2) is 19.2 Å². The van der Waals surface area contributed by atoms with E-state index in [1.165, 1.54) is 0 Å². The maximum absolute atomic E-state index is 11.0. The first kappa shape index (κ1) is 11.8. The molecule has 1 aromatic rings. The van der Waals surface area contributed by atoms with Crippen LogP contribution in [-0.2, 0) is 11.3 Å². The third kappa shape index (κ3) is 4.67. The number of ether oxygens (including phenoxy) is 1. The van der Waals surface area contributed by atoms with Gasteiger partial charge in [0.1, 0.15) is 6.61 Å². The maximum atomic E-state index is 11.0. The predicted molar refractivity (Wildman–Crippen MR) is 58.7 cm³/mol. The third-order valence-corrected chi connectivity index (χ3v) is 1.91. The summed E-state index contributed by atoms with van der Waals surface area (Å²) in [5, 5.41) is 3.12. The Kier molecular flexibility index (Phi) is 4.93. The van der Waals surface area contributed by atoms with Gasteiger partial charge in [0.15, 0.2) is 0 Å². The van der Waals surface area contributed by atoms with Crippen molar-refractivity contribution in [1.29, 1.82) is 0 Å². The van der Waals surface area contributed by atoms with E-state index in [1.807, 2.05) is 6.07 Å². The van der Waals surface area contributed by atoms with Gasteiger partial charge in [-0.05, 0) is 17.7 Å². The number of benzene rings is 1.